The van der Waals surface area contributed by atoms with Crippen molar-refractivity contribution in [3.8, 4) is 0 Å². The van der Waals surface area contributed by atoms with Gasteiger partial charge in [-0.1, -0.05) is 11.6 Å². The van der Waals surface area contributed by atoms with Gasteiger partial charge in [-0.15, -0.1) is 0 Å². The maximum absolute atomic E-state index is 5.71. The van der Waals surface area contributed by atoms with E-state index in [1.165, 1.54) is 6.20 Å². The Kier molecular flexibility index (Phi) is 3.37. The smallest absolute Gasteiger partial charge is 0.148 e. The molecule has 0 saturated carbocycles. The van der Waals surface area contributed by atoms with Crippen molar-refractivity contribution >= 4 is 16.8 Å². The van der Waals surface area contributed by atoms with Crippen LogP contribution in [0.3, 0.4) is 0 Å². The molecule has 1 fully saturated rings. The van der Waals surface area contributed by atoms with Crippen molar-refractivity contribution in [2.75, 3.05) is 19.6 Å². The van der Waals surface area contributed by atoms with Gasteiger partial charge in [-0.2, -0.15) is 0 Å². The second-order valence-corrected chi connectivity index (χ2v) is 3.14. The Bertz CT molecular complexity index is 207. The maximum Gasteiger partial charge on any atom is 0.148 e. The van der Waals surface area contributed by atoms with Crippen molar-refractivity contribution in [1.29, 1.82) is 0 Å². The van der Waals surface area contributed by atoms with E-state index in [-0.39, 0.29) is 0 Å². The minimum absolute atomic E-state index is 0.310. The van der Waals surface area contributed by atoms with E-state index in [9.17, 15) is 0 Å². The van der Waals surface area contributed by atoms with Crippen LogP contribution in [-0.4, -0.2) is 24.8 Å². The molecule has 1 saturated heterocycles. The van der Waals surface area contributed by atoms with E-state index >= 15 is 0 Å². The molecule has 0 aromatic rings. The molecule has 5 heteroatoms. The van der Waals surface area contributed by atoms with Crippen LogP contribution < -0.4 is 16.8 Å². The number of hydrogen-bond donors (Lipinski definition) is 3. The molecule has 0 unspecified atom stereocenters. The molecular weight excluding hydrogens is 176 g/mol. The van der Waals surface area contributed by atoms with Gasteiger partial charge < -0.3 is 16.8 Å². The molecular formula is C7H13ClN4. The molecule has 0 amide bonds. The molecule has 1 rings (SSSR count). The van der Waals surface area contributed by atoms with Gasteiger partial charge in [0.15, 0.2) is 0 Å². The first-order valence-electron chi connectivity index (χ1n) is 3.82. The molecule has 0 bridgehead atoms. The molecule has 1 aliphatic rings. The Balaban J connectivity index is 2.34. The first-order chi connectivity index (χ1) is 5.74. The van der Waals surface area contributed by atoms with Crippen molar-refractivity contribution in [2.45, 2.75) is 0 Å². The lowest BCUT2D eigenvalue weighted by atomic mass is 10.0. The van der Waals surface area contributed by atoms with Crippen LogP contribution in [0.4, 0.5) is 0 Å². The van der Waals surface area contributed by atoms with Crippen molar-refractivity contribution in [3.05, 3.63) is 11.9 Å². The summed E-state index contributed by atoms with van der Waals surface area (Å²) in [6, 6.07) is 0. The van der Waals surface area contributed by atoms with Gasteiger partial charge in [0, 0.05) is 31.8 Å². The SMILES string of the molecule is NC=C(N)C(Cl)=NCC1CNC1. The molecule has 5 N–H and O–H groups in total. The fraction of sp³-hybridized carbons (Fsp3) is 0.571. The Morgan fingerprint density at radius 3 is 2.75 bits per heavy atom. The number of aliphatic imine (C=N–C) groups is 1. The molecule has 1 heterocycles. The Morgan fingerprint density at radius 1 is 1.67 bits per heavy atom. The number of rotatable bonds is 3. The Hall–Kier alpha value is -0.740. The lowest BCUT2D eigenvalue weighted by molar-refractivity contribution is 0.358. The predicted molar refractivity (Wildman–Crippen MR) is 51.0 cm³/mol. The van der Waals surface area contributed by atoms with Crippen molar-refractivity contribution < 1.29 is 0 Å². The first kappa shape index (κ1) is 9.35. The molecule has 0 spiro atoms. The van der Waals surface area contributed by atoms with Crippen molar-refractivity contribution in [1.82, 2.24) is 5.32 Å². The second-order valence-electron chi connectivity index (χ2n) is 2.78. The Labute approximate surface area is 76.7 Å². The van der Waals surface area contributed by atoms with E-state index < -0.39 is 0 Å². The van der Waals surface area contributed by atoms with E-state index in [0.29, 0.717) is 16.8 Å². The molecule has 0 atom stereocenters. The normalized spacial score (nSPS) is 20.8. The van der Waals surface area contributed by atoms with Gasteiger partial charge >= 0.3 is 0 Å². The summed E-state index contributed by atoms with van der Waals surface area (Å²) in [5.41, 5.74) is 10.9. The molecule has 0 radical (unpaired) electrons. The quantitative estimate of drug-likeness (QED) is 0.528. The summed E-state index contributed by atoms with van der Waals surface area (Å²) in [6.07, 6.45) is 1.25. The number of halogens is 1. The number of nitrogens with zero attached hydrogens (tertiary/aromatic N) is 1. The van der Waals surface area contributed by atoms with E-state index in [1.54, 1.807) is 0 Å². The van der Waals surface area contributed by atoms with Gasteiger partial charge in [-0.25, -0.2) is 0 Å². The third kappa shape index (κ3) is 2.39. The van der Waals surface area contributed by atoms with Crippen LogP contribution in [0.5, 0.6) is 0 Å². The van der Waals surface area contributed by atoms with Crippen LogP contribution in [0.2, 0.25) is 0 Å². The van der Waals surface area contributed by atoms with Crippen LogP contribution in [0.15, 0.2) is 16.9 Å². The predicted octanol–water partition coefficient (Wildman–Crippen LogP) is -0.398. The zero-order valence-electron chi connectivity index (χ0n) is 6.76. The average molecular weight is 189 g/mol. The van der Waals surface area contributed by atoms with Gasteiger partial charge in [0.05, 0.1) is 5.70 Å². The summed E-state index contributed by atoms with van der Waals surface area (Å²) >= 11 is 5.71. The van der Waals surface area contributed by atoms with Gasteiger partial charge in [0.2, 0.25) is 0 Å². The van der Waals surface area contributed by atoms with E-state index in [1.807, 2.05) is 0 Å². The highest BCUT2D eigenvalue weighted by Gasteiger charge is 2.15. The third-order valence-corrected chi connectivity index (χ3v) is 2.11. The number of nitrogens with two attached hydrogens (primary N) is 2. The molecule has 68 valence electrons. The summed E-state index contributed by atoms with van der Waals surface area (Å²) in [4.78, 5) is 4.09. The van der Waals surface area contributed by atoms with Crippen molar-refractivity contribution in [2.24, 2.45) is 22.4 Å². The molecule has 1 aliphatic heterocycles. The van der Waals surface area contributed by atoms with Crippen LogP contribution in [0.1, 0.15) is 0 Å². The van der Waals surface area contributed by atoms with Gasteiger partial charge in [-0.05, 0) is 0 Å². The van der Waals surface area contributed by atoms with Crippen LogP contribution >= 0.6 is 11.6 Å². The second kappa shape index (κ2) is 4.33. The molecule has 12 heavy (non-hydrogen) atoms. The van der Waals surface area contributed by atoms with Crippen molar-refractivity contribution in [3.63, 3.8) is 0 Å². The monoisotopic (exact) mass is 188 g/mol. The van der Waals surface area contributed by atoms with Crippen LogP contribution in [-0.2, 0) is 0 Å². The van der Waals surface area contributed by atoms with Gasteiger partial charge in [-0.3, -0.25) is 4.99 Å². The lowest BCUT2D eigenvalue weighted by Crippen LogP contribution is -2.43. The Morgan fingerprint density at radius 2 is 2.33 bits per heavy atom. The zero-order chi connectivity index (χ0) is 8.97. The van der Waals surface area contributed by atoms with E-state index in [4.69, 9.17) is 23.1 Å². The first-order valence-corrected chi connectivity index (χ1v) is 4.20. The van der Waals surface area contributed by atoms with E-state index in [2.05, 4.69) is 10.3 Å². The molecule has 0 aliphatic carbocycles. The highest BCUT2D eigenvalue weighted by molar-refractivity contribution is 6.69. The summed E-state index contributed by atoms with van der Waals surface area (Å²) in [6.45, 7) is 2.75. The largest absolute Gasteiger partial charge is 0.403 e. The topological polar surface area (TPSA) is 76.4 Å². The fourth-order valence-corrected chi connectivity index (χ4v) is 0.979. The maximum atomic E-state index is 5.71. The minimum Gasteiger partial charge on any atom is -0.403 e. The van der Waals surface area contributed by atoms with E-state index in [0.717, 1.165) is 19.6 Å². The zero-order valence-corrected chi connectivity index (χ0v) is 7.51. The molecule has 0 aromatic heterocycles. The van der Waals surface area contributed by atoms with Gasteiger partial charge in [0.1, 0.15) is 5.17 Å². The van der Waals surface area contributed by atoms with Crippen LogP contribution in [0.25, 0.3) is 0 Å². The van der Waals surface area contributed by atoms with Gasteiger partial charge in [0.25, 0.3) is 0 Å². The standard InChI is InChI=1S/C7H13ClN4/c8-7(6(10)1-9)12-4-5-2-11-3-5/h1,5,11H,2-4,9-10H2. The number of allylic oxidation sites excluding steroid dienone is 1. The van der Waals surface area contributed by atoms with Crippen LogP contribution in [0, 0.1) is 5.92 Å². The highest BCUT2D eigenvalue weighted by atomic mass is 35.5. The average Bonchev–Trinajstić information content (AvgIpc) is 2.00. The molecule has 4 nitrogen and oxygen atoms in total. The summed E-state index contributed by atoms with van der Waals surface area (Å²) in [5.74, 6) is 0.601. The summed E-state index contributed by atoms with van der Waals surface area (Å²) in [7, 11) is 0. The third-order valence-electron chi connectivity index (χ3n) is 1.77. The molecule has 0 aromatic carbocycles. The summed E-state index contributed by atoms with van der Waals surface area (Å²) < 4.78 is 0. The number of hydrogen-bond acceptors (Lipinski definition) is 4. The lowest BCUT2D eigenvalue weighted by Gasteiger charge is -2.25. The summed E-state index contributed by atoms with van der Waals surface area (Å²) in [5, 5.41) is 3.45. The highest BCUT2D eigenvalue weighted by Crippen LogP contribution is 2.04. The fourth-order valence-electron chi connectivity index (χ4n) is 0.847. The minimum atomic E-state index is 0.310. The number of nitrogens with one attached hydrogen (secondary N) is 1.